The molecule has 1 heterocycles. The summed E-state index contributed by atoms with van der Waals surface area (Å²) in [5.41, 5.74) is 0.931. The maximum absolute atomic E-state index is 5.41. The number of nitrogens with zero attached hydrogens (tertiary/aromatic N) is 1. The van der Waals surface area contributed by atoms with Crippen molar-refractivity contribution in [3.05, 3.63) is 42.0 Å². The molecule has 2 N–H and O–H groups in total. The molecule has 0 fully saturated rings. The van der Waals surface area contributed by atoms with Gasteiger partial charge in [-0.3, -0.25) is 0 Å². The van der Waals surface area contributed by atoms with Crippen LogP contribution in [-0.4, -0.2) is 31.2 Å². The number of nitrogens with one attached hydrogen (secondary N) is 2. The minimum Gasteiger partial charge on any atom is -0.496 e. The lowest BCUT2D eigenvalue weighted by atomic mass is 10.0. The maximum atomic E-state index is 5.41. The zero-order valence-electron chi connectivity index (χ0n) is 10.7. The van der Waals surface area contributed by atoms with E-state index < -0.39 is 0 Å². The number of hydrogen-bond acceptors (Lipinski definition) is 4. The van der Waals surface area contributed by atoms with Gasteiger partial charge in [0.1, 0.15) is 17.3 Å². The van der Waals surface area contributed by atoms with Crippen LogP contribution in [0.15, 0.2) is 30.6 Å². The Hall–Kier alpha value is -2.01. The minimum absolute atomic E-state index is 0.105. The fourth-order valence-electron chi connectivity index (χ4n) is 2.02. The van der Waals surface area contributed by atoms with Crippen LogP contribution in [0.3, 0.4) is 0 Å². The highest BCUT2D eigenvalue weighted by atomic mass is 16.5. The predicted octanol–water partition coefficient (Wildman–Crippen LogP) is 1.74. The van der Waals surface area contributed by atoms with Crippen LogP contribution in [0.2, 0.25) is 0 Å². The molecule has 0 aliphatic carbocycles. The fraction of sp³-hybridized carbons (Fsp3) is 0.308. The first kappa shape index (κ1) is 12.4. The molecule has 0 saturated carbocycles. The largest absolute Gasteiger partial charge is 0.496 e. The van der Waals surface area contributed by atoms with Crippen LogP contribution >= 0.6 is 0 Å². The average molecular weight is 247 g/mol. The average Bonchev–Trinajstić information content (AvgIpc) is 2.93. The van der Waals surface area contributed by atoms with Gasteiger partial charge in [0.25, 0.3) is 0 Å². The van der Waals surface area contributed by atoms with Crippen LogP contribution < -0.4 is 14.8 Å². The van der Waals surface area contributed by atoms with Gasteiger partial charge in [0.05, 0.1) is 25.8 Å². The molecule has 0 amide bonds. The van der Waals surface area contributed by atoms with Gasteiger partial charge in [-0.05, 0) is 19.2 Å². The Morgan fingerprint density at radius 2 is 1.89 bits per heavy atom. The molecule has 0 radical (unpaired) electrons. The second-order valence-electron chi connectivity index (χ2n) is 3.77. The van der Waals surface area contributed by atoms with Crippen molar-refractivity contribution >= 4 is 0 Å². The second-order valence-corrected chi connectivity index (χ2v) is 3.77. The van der Waals surface area contributed by atoms with Crippen LogP contribution in [-0.2, 0) is 0 Å². The smallest absolute Gasteiger partial charge is 0.128 e. The highest BCUT2D eigenvalue weighted by Gasteiger charge is 2.22. The lowest BCUT2D eigenvalue weighted by Crippen LogP contribution is -2.20. The van der Waals surface area contributed by atoms with E-state index in [4.69, 9.17) is 9.47 Å². The SMILES string of the molecule is CNC(c1ncc[nH]1)c1c(OC)cccc1OC. The van der Waals surface area contributed by atoms with Crippen LogP contribution in [0.1, 0.15) is 17.4 Å². The van der Waals surface area contributed by atoms with Crippen molar-refractivity contribution in [1.29, 1.82) is 0 Å². The molecule has 2 aromatic rings. The Morgan fingerprint density at radius 3 is 2.33 bits per heavy atom. The lowest BCUT2D eigenvalue weighted by Gasteiger charge is -2.20. The van der Waals surface area contributed by atoms with E-state index in [2.05, 4.69) is 15.3 Å². The predicted molar refractivity (Wildman–Crippen MR) is 69.0 cm³/mol. The Bertz CT molecular complexity index is 475. The van der Waals surface area contributed by atoms with Crippen molar-refractivity contribution in [3.63, 3.8) is 0 Å². The van der Waals surface area contributed by atoms with Gasteiger partial charge in [0.2, 0.25) is 0 Å². The molecule has 1 unspecified atom stereocenters. The molecule has 5 nitrogen and oxygen atoms in total. The molecule has 1 aromatic carbocycles. The molecular weight excluding hydrogens is 230 g/mol. The third-order valence-electron chi connectivity index (χ3n) is 2.84. The number of H-pyrrole nitrogens is 1. The summed E-state index contributed by atoms with van der Waals surface area (Å²) in [6, 6.07) is 5.61. The number of ether oxygens (including phenoxy) is 2. The molecule has 0 saturated heterocycles. The Balaban J connectivity index is 2.53. The van der Waals surface area contributed by atoms with Gasteiger partial charge in [0.15, 0.2) is 0 Å². The molecule has 2 rings (SSSR count). The van der Waals surface area contributed by atoms with E-state index in [0.29, 0.717) is 0 Å². The first-order valence-electron chi connectivity index (χ1n) is 5.69. The third-order valence-corrected chi connectivity index (χ3v) is 2.84. The van der Waals surface area contributed by atoms with Gasteiger partial charge < -0.3 is 19.8 Å². The summed E-state index contributed by atoms with van der Waals surface area (Å²) in [6.45, 7) is 0. The Morgan fingerprint density at radius 1 is 1.22 bits per heavy atom. The summed E-state index contributed by atoms with van der Waals surface area (Å²) in [5.74, 6) is 2.36. The first-order chi connectivity index (χ1) is 8.81. The zero-order chi connectivity index (χ0) is 13.0. The molecule has 0 bridgehead atoms. The molecule has 0 aliphatic heterocycles. The highest BCUT2D eigenvalue weighted by Crippen LogP contribution is 2.35. The van der Waals surface area contributed by atoms with Crippen molar-refractivity contribution in [2.75, 3.05) is 21.3 Å². The number of aromatic nitrogens is 2. The van der Waals surface area contributed by atoms with Crippen molar-refractivity contribution in [2.24, 2.45) is 0 Å². The van der Waals surface area contributed by atoms with E-state index in [0.717, 1.165) is 22.9 Å². The van der Waals surface area contributed by atoms with E-state index in [1.165, 1.54) is 0 Å². The topological polar surface area (TPSA) is 59.2 Å². The molecule has 18 heavy (non-hydrogen) atoms. The van der Waals surface area contributed by atoms with E-state index in [-0.39, 0.29) is 6.04 Å². The van der Waals surface area contributed by atoms with Crippen LogP contribution in [0.25, 0.3) is 0 Å². The fourth-order valence-corrected chi connectivity index (χ4v) is 2.02. The second kappa shape index (κ2) is 5.55. The minimum atomic E-state index is -0.105. The number of hydrogen-bond donors (Lipinski definition) is 2. The standard InChI is InChI=1S/C13H17N3O2/c1-14-12(13-15-7-8-16-13)11-9(17-2)5-4-6-10(11)18-3/h4-8,12,14H,1-3H3,(H,15,16). The maximum Gasteiger partial charge on any atom is 0.128 e. The molecular formula is C13H17N3O2. The quantitative estimate of drug-likeness (QED) is 0.845. The summed E-state index contributed by atoms with van der Waals surface area (Å²) >= 11 is 0. The molecule has 1 aromatic heterocycles. The number of benzene rings is 1. The normalized spacial score (nSPS) is 12.2. The zero-order valence-corrected chi connectivity index (χ0v) is 10.7. The molecule has 5 heteroatoms. The number of imidazole rings is 1. The summed E-state index contributed by atoms with van der Waals surface area (Å²) in [5, 5.41) is 3.22. The van der Waals surface area contributed by atoms with Gasteiger partial charge in [-0.2, -0.15) is 0 Å². The summed E-state index contributed by atoms with van der Waals surface area (Å²) < 4.78 is 10.8. The van der Waals surface area contributed by atoms with E-state index in [9.17, 15) is 0 Å². The van der Waals surface area contributed by atoms with Gasteiger partial charge >= 0.3 is 0 Å². The monoisotopic (exact) mass is 247 g/mol. The van der Waals surface area contributed by atoms with E-state index in [1.807, 2.05) is 25.2 Å². The van der Waals surface area contributed by atoms with Gasteiger partial charge in [-0.25, -0.2) is 4.98 Å². The lowest BCUT2D eigenvalue weighted by molar-refractivity contribution is 0.377. The summed E-state index contributed by atoms with van der Waals surface area (Å²) in [6.07, 6.45) is 3.52. The van der Waals surface area contributed by atoms with Gasteiger partial charge in [-0.15, -0.1) is 0 Å². The van der Waals surface area contributed by atoms with Gasteiger partial charge in [0, 0.05) is 12.4 Å². The van der Waals surface area contributed by atoms with E-state index >= 15 is 0 Å². The summed E-state index contributed by atoms with van der Waals surface area (Å²) in [4.78, 5) is 7.39. The summed E-state index contributed by atoms with van der Waals surface area (Å²) in [7, 11) is 5.17. The van der Waals surface area contributed by atoms with Crippen molar-refractivity contribution in [2.45, 2.75) is 6.04 Å². The van der Waals surface area contributed by atoms with Gasteiger partial charge in [-0.1, -0.05) is 6.07 Å². The van der Waals surface area contributed by atoms with Crippen LogP contribution in [0.5, 0.6) is 11.5 Å². The van der Waals surface area contributed by atoms with Crippen LogP contribution in [0, 0.1) is 0 Å². The molecule has 96 valence electrons. The van der Waals surface area contributed by atoms with Crippen molar-refractivity contribution in [3.8, 4) is 11.5 Å². The van der Waals surface area contributed by atoms with Crippen molar-refractivity contribution in [1.82, 2.24) is 15.3 Å². The van der Waals surface area contributed by atoms with Crippen molar-refractivity contribution < 1.29 is 9.47 Å². The molecule has 0 spiro atoms. The number of rotatable bonds is 5. The molecule has 0 aliphatic rings. The van der Waals surface area contributed by atoms with Crippen LogP contribution in [0.4, 0.5) is 0 Å². The Kier molecular flexibility index (Phi) is 3.84. The number of methoxy groups -OCH3 is 2. The highest BCUT2D eigenvalue weighted by molar-refractivity contribution is 5.49. The first-order valence-corrected chi connectivity index (χ1v) is 5.69. The Labute approximate surface area is 106 Å². The van der Waals surface area contributed by atoms with E-state index in [1.54, 1.807) is 26.6 Å². The number of aromatic amines is 1. The third kappa shape index (κ3) is 2.17. The molecule has 1 atom stereocenters.